The van der Waals surface area contributed by atoms with Crippen LogP contribution in [0.25, 0.3) is 0 Å². The van der Waals surface area contributed by atoms with Crippen molar-refractivity contribution in [1.82, 2.24) is 0 Å². The number of rotatable bonds is 3. The highest BCUT2D eigenvalue weighted by molar-refractivity contribution is 7.79. The number of para-hydroxylation sites is 1. The Morgan fingerprint density at radius 2 is 1.29 bits per heavy atom. The van der Waals surface area contributed by atoms with Gasteiger partial charge < -0.3 is 9.88 Å². The summed E-state index contributed by atoms with van der Waals surface area (Å²) in [5.74, 6) is 0.215. The highest BCUT2D eigenvalue weighted by atomic mass is 31.2. The lowest BCUT2D eigenvalue weighted by Gasteiger charge is -2.42. The maximum Gasteiger partial charge on any atom is 0.164 e. The molecule has 0 bridgehead atoms. The Labute approximate surface area is 168 Å². The molecule has 4 rings (SSSR count). The highest BCUT2D eigenvalue weighted by Gasteiger charge is 2.43. The minimum Gasteiger partial charge on any atom is -0.375 e. The minimum absolute atomic E-state index is 0.0919. The molecule has 3 heteroatoms. The van der Waals surface area contributed by atoms with Crippen molar-refractivity contribution in [2.75, 3.05) is 5.32 Å². The number of anilines is 1. The normalized spacial score (nSPS) is 19.5. The minimum atomic E-state index is -2.87. The molecule has 3 aromatic carbocycles. The molecule has 1 aliphatic rings. The Morgan fingerprint density at radius 1 is 0.786 bits per heavy atom. The van der Waals surface area contributed by atoms with Gasteiger partial charge in [-0.05, 0) is 29.4 Å². The molecule has 3 aromatic rings. The van der Waals surface area contributed by atoms with Crippen LogP contribution in [-0.2, 0) is 4.57 Å². The van der Waals surface area contributed by atoms with Crippen molar-refractivity contribution >= 4 is 23.4 Å². The lowest BCUT2D eigenvalue weighted by molar-refractivity contribution is 0.300. The van der Waals surface area contributed by atoms with E-state index in [2.05, 4.69) is 50.4 Å². The first-order valence-electron chi connectivity index (χ1n) is 9.97. The summed E-state index contributed by atoms with van der Waals surface area (Å²) in [7, 11) is -2.87. The third kappa shape index (κ3) is 3.31. The summed E-state index contributed by atoms with van der Waals surface area (Å²) >= 11 is 0. The fourth-order valence-electron chi connectivity index (χ4n) is 4.39. The third-order valence-electron chi connectivity index (χ3n) is 5.88. The molecule has 0 saturated heterocycles. The van der Waals surface area contributed by atoms with E-state index in [1.54, 1.807) is 0 Å². The van der Waals surface area contributed by atoms with Crippen molar-refractivity contribution < 1.29 is 4.57 Å². The molecule has 0 spiro atoms. The molecule has 0 saturated carbocycles. The monoisotopic (exact) mass is 389 g/mol. The smallest absolute Gasteiger partial charge is 0.164 e. The molecule has 0 aromatic heterocycles. The van der Waals surface area contributed by atoms with Crippen molar-refractivity contribution in [3.05, 3.63) is 90.5 Å². The van der Waals surface area contributed by atoms with Gasteiger partial charge >= 0.3 is 0 Å². The van der Waals surface area contributed by atoms with E-state index >= 15 is 0 Å². The second-order valence-electron chi connectivity index (χ2n) is 8.73. The second-order valence-corrected chi connectivity index (χ2v) is 11.7. The fourth-order valence-corrected chi connectivity index (χ4v) is 7.46. The van der Waals surface area contributed by atoms with Gasteiger partial charge in [0, 0.05) is 16.3 Å². The maximum atomic E-state index is 14.8. The zero-order valence-electron chi connectivity index (χ0n) is 16.8. The van der Waals surface area contributed by atoms with E-state index in [0.717, 1.165) is 22.7 Å². The molecular weight excluding hydrogens is 361 g/mol. The molecule has 0 aliphatic carbocycles. The van der Waals surface area contributed by atoms with Gasteiger partial charge in [-0.1, -0.05) is 99.6 Å². The molecular formula is C25H28NOP. The van der Waals surface area contributed by atoms with Crippen molar-refractivity contribution in [2.45, 2.75) is 38.9 Å². The Balaban J connectivity index is 1.88. The van der Waals surface area contributed by atoms with Gasteiger partial charge in [0.05, 0.1) is 5.78 Å². The lowest BCUT2D eigenvalue weighted by Crippen LogP contribution is -2.38. The van der Waals surface area contributed by atoms with Crippen LogP contribution in [0.15, 0.2) is 84.9 Å². The molecule has 2 nitrogen and oxygen atoms in total. The standard InChI is InChI=1S/C25H28NOP/c1-25(2,3)22-18-24(26-23-17-11-10-16-21(22)23)28(27,19-12-6-4-7-13-19)20-14-8-5-9-15-20/h4-17,22,24,26H,18H2,1-3H3. The Bertz CT molecular complexity index is 948. The largest absolute Gasteiger partial charge is 0.375 e. The molecule has 2 unspecified atom stereocenters. The summed E-state index contributed by atoms with van der Waals surface area (Å²) in [6, 6.07) is 28.5. The topological polar surface area (TPSA) is 29.1 Å². The van der Waals surface area contributed by atoms with E-state index in [-0.39, 0.29) is 11.2 Å². The maximum absolute atomic E-state index is 14.8. The average molecular weight is 389 g/mol. The molecule has 28 heavy (non-hydrogen) atoms. The number of nitrogens with one attached hydrogen (secondary N) is 1. The van der Waals surface area contributed by atoms with Gasteiger partial charge in [0.1, 0.15) is 0 Å². The molecule has 144 valence electrons. The van der Waals surface area contributed by atoms with E-state index < -0.39 is 7.14 Å². The number of fused-ring (bicyclic) bond motifs is 1. The number of benzene rings is 3. The van der Waals surface area contributed by atoms with E-state index in [0.29, 0.717) is 5.92 Å². The molecule has 0 amide bonds. The van der Waals surface area contributed by atoms with E-state index in [1.807, 2.05) is 60.7 Å². The summed E-state index contributed by atoms with van der Waals surface area (Å²) in [5.41, 5.74) is 2.54. The van der Waals surface area contributed by atoms with Gasteiger partial charge in [-0.3, -0.25) is 0 Å². The van der Waals surface area contributed by atoms with Gasteiger partial charge in [0.2, 0.25) is 0 Å². The van der Waals surface area contributed by atoms with Crippen LogP contribution in [0, 0.1) is 5.41 Å². The van der Waals surface area contributed by atoms with Crippen molar-refractivity contribution in [3.63, 3.8) is 0 Å². The quantitative estimate of drug-likeness (QED) is 0.559. The van der Waals surface area contributed by atoms with Crippen molar-refractivity contribution in [2.24, 2.45) is 5.41 Å². The van der Waals surface area contributed by atoms with Crippen molar-refractivity contribution in [3.8, 4) is 0 Å². The Morgan fingerprint density at radius 3 is 1.82 bits per heavy atom. The molecule has 2 atom stereocenters. The predicted octanol–water partition coefficient (Wildman–Crippen LogP) is 5.97. The Kier molecular flexibility index (Phi) is 4.93. The first-order chi connectivity index (χ1) is 13.4. The number of hydrogen-bond acceptors (Lipinski definition) is 2. The molecule has 1 heterocycles. The van der Waals surface area contributed by atoms with Crippen LogP contribution >= 0.6 is 7.14 Å². The van der Waals surface area contributed by atoms with Crippen LogP contribution in [0.3, 0.4) is 0 Å². The summed E-state index contributed by atoms with van der Waals surface area (Å²) in [5, 5.41) is 5.52. The highest BCUT2D eigenvalue weighted by Crippen LogP contribution is 2.56. The van der Waals surface area contributed by atoms with Crippen LogP contribution in [0.1, 0.15) is 38.7 Å². The predicted molar refractivity (Wildman–Crippen MR) is 120 cm³/mol. The molecule has 1 aliphatic heterocycles. The van der Waals surface area contributed by atoms with Crippen LogP contribution in [0.5, 0.6) is 0 Å². The van der Waals surface area contributed by atoms with Crippen LogP contribution < -0.4 is 15.9 Å². The molecule has 0 radical (unpaired) electrons. The fraction of sp³-hybridized carbons (Fsp3) is 0.280. The molecule has 0 fully saturated rings. The summed E-state index contributed by atoms with van der Waals surface area (Å²) in [6.07, 6.45) is 0.849. The SMILES string of the molecule is CC(C)(C)C1CC(P(=O)(c2ccccc2)c2ccccc2)Nc2ccccc21. The zero-order valence-corrected chi connectivity index (χ0v) is 17.7. The van der Waals surface area contributed by atoms with Gasteiger partial charge in [-0.2, -0.15) is 0 Å². The van der Waals surface area contributed by atoms with E-state index in [9.17, 15) is 4.57 Å². The Hall–Kier alpha value is -2.31. The first-order valence-corrected chi connectivity index (χ1v) is 11.7. The van der Waals surface area contributed by atoms with Gasteiger partial charge in [0.25, 0.3) is 0 Å². The number of hydrogen-bond donors (Lipinski definition) is 1. The summed E-state index contributed by atoms with van der Waals surface area (Å²) < 4.78 is 14.8. The van der Waals surface area contributed by atoms with Crippen molar-refractivity contribution in [1.29, 1.82) is 0 Å². The zero-order chi connectivity index (χ0) is 19.8. The van der Waals surface area contributed by atoms with Crippen LogP contribution in [0.2, 0.25) is 0 Å². The molecule has 1 N–H and O–H groups in total. The van der Waals surface area contributed by atoms with Crippen LogP contribution in [-0.4, -0.2) is 5.78 Å². The third-order valence-corrected chi connectivity index (χ3v) is 9.23. The van der Waals surface area contributed by atoms with E-state index in [1.165, 1.54) is 5.56 Å². The van der Waals surface area contributed by atoms with Gasteiger partial charge in [-0.25, -0.2) is 0 Å². The summed E-state index contributed by atoms with van der Waals surface area (Å²) in [4.78, 5) is 0. The van der Waals surface area contributed by atoms with Gasteiger partial charge in [-0.15, -0.1) is 0 Å². The average Bonchev–Trinajstić information content (AvgIpc) is 2.73. The van der Waals surface area contributed by atoms with E-state index in [4.69, 9.17) is 0 Å². The lowest BCUT2D eigenvalue weighted by atomic mass is 9.73. The summed E-state index contributed by atoms with van der Waals surface area (Å²) in [6.45, 7) is 6.85. The second kappa shape index (κ2) is 7.26. The van der Waals surface area contributed by atoms with Gasteiger partial charge in [0.15, 0.2) is 7.14 Å². The first kappa shape index (κ1) is 19.0. The van der Waals surface area contributed by atoms with Crippen LogP contribution in [0.4, 0.5) is 5.69 Å².